The highest BCUT2D eigenvalue weighted by Gasteiger charge is 2.53. The number of aliphatic carboxylic acids is 1. The van der Waals surface area contributed by atoms with Gasteiger partial charge in [0.2, 0.25) is 0 Å². The average molecular weight is 447 g/mol. The van der Waals surface area contributed by atoms with Crippen molar-refractivity contribution in [2.45, 2.75) is 72.8 Å². The van der Waals surface area contributed by atoms with E-state index in [2.05, 4.69) is 52.1 Å². The molecule has 1 heterocycles. The van der Waals surface area contributed by atoms with Crippen molar-refractivity contribution in [2.24, 2.45) is 16.7 Å². The van der Waals surface area contributed by atoms with Crippen molar-refractivity contribution in [2.75, 3.05) is 6.54 Å². The molecule has 0 bridgehead atoms. The summed E-state index contributed by atoms with van der Waals surface area (Å²) in [5, 5.41) is 13.4. The Bertz CT molecular complexity index is 912. The number of rotatable bonds is 7. The van der Waals surface area contributed by atoms with E-state index in [0.29, 0.717) is 17.9 Å². The number of nitrogens with zero attached hydrogens (tertiary/aromatic N) is 1. The van der Waals surface area contributed by atoms with E-state index < -0.39 is 16.9 Å². The molecular formula is C25H35ClN2O3. The van der Waals surface area contributed by atoms with Crippen molar-refractivity contribution in [1.82, 2.24) is 10.2 Å². The maximum absolute atomic E-state index is 13.0. The van der Waals surface area contributed by atoms with Gasteiger partial charge in [-0.3, -0.25) is 9.69 Å². The molecule has 1 atom stereocenters. The van der Waals surface area contributed by atoms with Crippen molar-refractivity contribution in [1.29, 1.82) is 0 Å². The lowest BCUT2D eigenvalue weighted by Gasteiger charge is -2.43. The number of hydrogen-bond donors (Lipinski definition) is 2. The molecule has 0 spiro atoms. The van der Waals surface area contributed by atoms with E-state index in [0.717, 1.165) is 29.5 Å². The van der Waals surface area contributed by atoms with Gasteiger partial charge in [-0.2, -0.15) is 0 Å². The number of aryl methyl sites for hydroxylation is 1. The Hall–Kier alpha value is -2.01. The zero-order chi connectivity index (χ0) is 23.2. The molecule has 0 unspecified atom stereocenters. The summed E-state index contributed by atoms with van der Waals surface area (Å²) in [7, 11) is 0. The minimum atomic E-state index is -0.828. The standard InChI is InChI=1S/C25H35ClN2O3/c1-16(2)19-14-28(15-25(11-12-25)21(29)30)22(31)27-24(19,6)18-8-7-17(20(26)13-18)9-10-23(3,4)5/h7-8,13-14,16H,9-12,15H2,1-6H3,(H,27,31)(H,29,30)/t24-/m0/s1. The molecule has 1 aliphatic heterocycles. The summed E-state index contributed by atoms with van der Waals surface area (Å²) in [6, 6.07) is 5.81. The molecule has 1 aromatic carbocycles. The van der Waals surface area contributed by atoms with Crippen LogP contribution < -0.4 is 5.32 Å². The average Bonchev–Trinajstić information content (AvgIpc) is 3.43. The molecule has 0 radical (unpaired) electrons. The van der Waals surface area contributed by atoms with Gasteiger partial charge in [-0.05, 0) is 66.7 Å². The highest BCUT2D eigenvalue weighted by molar-refractivity contribution is 6.31. The lowest BCUT2D eigenvalue weighted by molar-refractivity contribution is -0.143. The molecule has 0 aromatic heterocycles. The lowest BCUT2D eigenvalue weighted by atomic mass is 9.78. The molecule has 1 aliphatic carbocycles. The van der Waals surface area contributed by atoms with Gasteiger partial charge < -0.3 is 10.4 Å². The molecular weight excluding hydrogens is 412 g/mol. The van der Waals surface area contributed by atoms with Crippen LogP contribution in [-0.2, 0) is 16.8 Å². The normalized spacial score (nSPS) is 22.9. The van der Waals surface area contributed by atoms with Gasteiger partial charge in [-0.1, -0.05) is 58.4 Å². The number of carbonyl (C=O) groups is 2. The number of halogens is 1. The Labute approximate surface area is 190 Å². The number of benzene rings is 1. The van der Waals surface area contributed by atoms with Crippen LogP contribution in [0.5, 0.6) is 0 Å². The summed E-state index contributed by atoms with van der Waals surface area (Å²) in [5.74, 6) is -0.668. The monoisotopic (exact) mass is 446 g/mol. The van der Waals surface area contributed by atoms with Crippen LogP contribution in [0.25, 0.3) is 0 Å². The number of carboxylic acid groups (broad SMARTS) is 1. The Balaban J connectivity index is 1.91. The Morgan fingerprint density at radius 2 is 1.94 bits per heavy atom. The first-order chi connectivity index (χ1) is 14.3. The van der Waals surface area contributed by atoms with Crippen LogP contribution >= 0.6 is 11.6 Å². The van der Waals surface area contributed by atoms with Crippen molar-refractivity contribution in [3.8, 4) is 0 Å². The third-order valence-electron chi connectivity index (χ3n) is 6.67. The predicted molar refractivity (Wildman–Crippen MR) is 124 cm³/mol. The fourth-order valence-electron chi connectivity index (χ4n) is 4.28. The van der Waals surface area contributed by atoms with Crippen molar-refractivity contribution in [3.05, 3.63) is 46.1 Å². The summed E-state index contributed by atoms with van der Waals surface area (Å²) in [4.78, 5) is 26.1. The molecule has 1 fully saturated rings. The summed E-state index contributed by atoms with van der Waals surface area (Å²) in [6.45, 7) is 13.0. The van der Waals surface area contributed by atoms with Crippen LogP contribution in [-0.4, -0.2) is 28.6 Å². The van der Waals surface area contributed by atoms with E-state index in [4.69, 9.17) is 11.6 Å². The molecule has 3 rings (SSSR count). The summed E-state index contributed by atoms with van der Waals surface area (Å²) >= 11 is 6.65. The zero-order valence-electron chi connectivity index (χ0n) is 19.5. The van der Waals surface area contributed by atoms with Gasteiger partial charge in [0.05, 0.1) is 11.0 Å². The van der Waals surface area contributed by atoms with Crippen LogP contribution in [0.2, 0.25) is 5.02 Å². The predicted octanol–water partition coefficient (Wildman–Crippen LogP) is 5.96. The van der Waals surface area contributed by atoms with Gasteiger partial charge in [0.25, 0.3) is 0 Å². The first-order valence-corrected chi connectivity index (χ1v) is 11.5. The van der Waals surface area contributed by atoms with Crippen molar-refractivity contribution in [3.63, 3.8) is 0 Å². The first-order valence-electron chi connectivity index (χ1n) is 11.1. The number of hydrogen-bond acceptors (Lipinski definition) is 2. The van der Waals surface area contributed by atoms with Crippen LogP contribution in [0.4, 0.5) is 4.79 Å². The second-order valence-electron chi connectivity index (χ2n) is 10.9. The Kier molecular flexibility index (Phi) is 6.22. The number of amides is 2. The summed E-state index contributed by atoms with van der Waals surface area (Å²) in [5.41, 5.74) is 1.81. The fourth-order valence-corrected chi connectivity index (χ4v) is 4.56. The van der Waals surface area contributed by atoms with Gasteiger partial charge in [0.1, 0.15) is 0 Å². The number of carboxylic acids is 1. The molecule has 1 saturated carbocycles. The molecule has 2 aliphatic rings. The SMILES string of the molecule is CC(C)C1=CN(CC2(C(=O)O)CC2)C(=O)N[C@@]1(C)c1ccc(CCC(C)(C)C)c(Cl)c1. The molecule has 2 amide bonds. The second kappa shape index (κ2) is 8.16. The van der Waals surface area contributed by atoms with Crippen LogP contribution in [0.15, 0.2) is 30.0 Å². The highest BCUT2D eigenvalue weighted by atomic mass is 35.5. The minimum Gasteiger partial charge on any atom is -0.481 e. The van der Waals surface area contributed by atoms with Crippen molar-refractivity contribution < 1.29 is 14.7 Å². The van der Waals surface area contributed by atoms with Crippen LogP contribution in [0.3, 0.4) is 0 Å². The van der Waals surface area contributed by atoms with Gasteiger partial charge in [0, 0.05) is 17.8 Å². The summed E-state index contributed by atoms with van der Waals surface area (Å²) in [6.07, 6.45) is 5.02. The molecule has 0 saturated heterocycles. The topological polar surface area (TPSA) is 69.6 Å². The highest BCUT2D eigenvalue weighted by Crippen LogP contribution is 2.48. The van der Waals surface area contributed by atoms with E-state index >= 15 is 0 Å². The minimum absolute atomic E-state index is 0.160. The molecule has 6 heteroatoms. The molecule has 1 aromatic rings. The van der Waals surface area contributed by atoms with E-state index in [-0.39, 0.29) is 23.9 Å². The molecule has 170 valence electrons. The van der Waals surface area contributed by atoms with Crippen LogP contribution in [0.1, 0.15) is 71.9 Å². The fraction of sp³-hybridized carbons (Fsp3) is 0.600. The third-order valence-corrected chi connectivity index (χ3v) is 7.02. The molecule has 2 N–H and O–H groups in total. The number of nitrogens with one attached hydrogen (secondary N) is 1. The van der Waals surface area contributed by atoms with Gasteiger partial charge in [0.15, 0.2) is 0 Å². The number of carbonyl (C=O) groups excluding carboxylic acids is 1. The largest absolute Gasteiger partial charge is 0.481 e. The Morgan fingerprint density at radius 1 is 1.29 bits per heavy atom. The smallest absolute Gasteiger partial charge is 0.322 e. The van der Waals surface area contributed by atoms with E-state index in [1.807, 2.05) is 19.2 Å². The van der Waals surface area contributed by atoms with Gasteiger partial charge in [-0.25, -0.2) is 4.79 Å². The van der Waals surface area contributed by atoms with E-state index in [9.17, 15) is 14.7 Å². The molecule has 5 nitrogen and oxygen atoms in total. The van der Waals surface area contributed by atoms with Gasteiger partial charge >= 0.3 is 12.0 Å². The van der Waals surface area contributed by atoms with Gasteiger partial charge in [-0.15, -0.1) is 0 Å². The van der Waals surface area contributed by atoms with Crippen LogP contribution in [0, 0.1) is 16.7 Å². The van der Waals surface area contributed by atoms with Crippen molar-refractivity contribution >= 4 is 23.6 Å². The maximum atomic E-state index is 13.0. The quantitative estimate of drug-likeness (QED) is 0.542. The Morgan fingerprint density at radius 3 is 2.42 bits per heavy atom. The third kappa shape index (κ3) is 4.92. The number of urea groups is 1. The van der Waals surface area contributed by atoms with E-state index in [1.54, 1.807) is 0 Å². The maximum Gasteiger partial charge on any atom is 0.322 e. The van der Waals surface area contributed by atoms with E-state index in [1.165, 1.54) is 4.90 Å². The summed E-state index contributed by atoms with van der Waals surface area (Å²) < 4.78 is 0. The lowest BCUT2D eigenvalue weighted by Crippen LogP contribution is -2.55. The second-order valence-corrected chi connectivity index (χ2v) is 11.3. The first kappa shape index (κ1) is 23.6. The zero-order valence-corrected chi connectivity index (χ0v) is 20.3. The molecule has 31 heavy (non-hydrogen) atoms.